The predicted molar refractivity (Wildman–Crippen MR) is 104 cm³/mol. The average molecular weight is 360 g/mol. The second-order valence-electron chi connectivity index (χ2n) is 8.81. The van der Waals surface area contributed by atoms with Crippen molar-refractivity contribution in [2.24, 2.45) is 0 Å². The SMILES string of the molecule is CC(C)(C)OCCCC#Cc1ccc(O[C@H]2C[C@H](OC(C)(C)C)C2)cn1. The van der Waals surface area contributed by atoms with Gasteiger partial charge in [0.1, 0.15) is 17.5 Å². The fourth-order valence-electron chi connectivity index (χ4n) is 2.62. The van der Waals surface area contributed by atoms with Crippen molar-refractivity contribution in [1.29, 1.82) is 0 Å². The number of hydrogen-bond acceptors (Lipinski definition) is 4. The van der Waals surface area contributed by atoms with Crippen LogP contribution in [-0.2, 0) is 9.47 Å². The smallest absolute Gasteiger partial charge is 0.138 e. The third kappa shape index (κ3) is 8.21. The summed E-state index contributed by atoms with van der Waals surface area (Å²) in [5.74, 6) is 7.04. The first-order valence-electron chi connectivity index (χ1n) is 9.54. The van der Waals surface area contributed by atoms with Crippen LogP contribution in [0.5, 0.6) is 5.75 Å². The number of aromatic nitrogens is 1. The Labute approximate surface area is 158 Å². The molecule has 0 amide bonds. The monoisotopic (exact) mass is 359 g/mol. The molecule has 0 bridgehead atoms. The van der Waals surface area contributed by atoms with Crippen LogP contribution in [0.2, 0.25) is 0 Å². The highest BCUT2D eigenvalue weighted by Crippen LogP contribution is 2.30. The van der Waals surface area contributed by atoms with Crippen molar-refractivity contribution in [3.63, 3.8) is 0 Å². The summed E-state index contributed by atoms with van der Waals surface area (Å²) in [6, 6.07) is 3.85. The minimum absolute atomic E-state index is 0.0792. The van der Waals surface area contributed by atoms with Gasteiger partial charge in [-0.15, -0.1) is 0 Å². The van der Waals surface area contributed by atoms with E-state index < -0.39 is 0 Å². The zero-order chi connectivity index (χ0) is 19.2. The van der Waals surface area contributed by atoms with E-state index in [2.05, 4.69) is 58.4 Å². The van der Waals surface area contributed by atoms with Crippen molar-refractivity contribution in [1.82, 2.24) is 4.98 Å². The van der Waals surface area contributed by atoms with Crippen LogP contribution in [0, 0.1) is 11.8 Å². The molecule has 0 radical (unpaired) electrons. The van der Waals surface area contributed by atoms with Gasteiger partial charge in [0.05, 0.1) is 23.5 Å². The Kier molecular flexibility index (Phi) is 7.08. The lowest BCUT2D eigenvalue weighted by molar-refractivity contribution is -0.126. The van der Waals surface area contributed by atoms with Gasteiger partial charge in [0, 0.05) is 25.9 Å². The molecule has 1 fully saturated rings. The molecule has 0 aromatic carbocycles. The molecule has 1 aliphatic rings. The van der Waals surface area contributed by atoms with Crippen molar-refractivity contribution < 1.29 is 14.2 Å². The molecule has 0 atom stereocenters. The van der Waals surface area contributed by atoms with E-state index in [9.17, 15) is 0 Å². The van der Waals surface area contributed by atoms with Gasteiger partial charge in [0.15, 0.2) is 0 Å². The molecule has 4 nitrogen and oxygen atoms in total. The Balaban J connectivity index is 1.67. The summed E-state index contributed by atoms with van der Waals surface area (Å²) in [4.78, 5) is 4.36. The number of hydrogen-bond donors (Lipinski definition) is 0. The molecule has 0 N–H and O–H groups in total. The van der Waals surface area contributed by atoms with E-state index in [1.54, 1.807) is 6.20 Å². The van der Waals surface area contributed by atoms with E-state index in [4.69, 9.17) is 14.2 Å². The fraction of sp³-hybridized carbons (Fsp3) is 0.682. The largest absolute Gasteiger partial charge is 0.489 e. The second-order valence-corrected chi connectivity index (χ2v) is 8.81. The third-order valence-electron chi connectivity index (χ3n) is 3.81. The summed E-state index contributed by atoms with van der Waals surface area (Å²) in [6.45, 7) is 13.2. The van der Waals surface area contributed by atoms with Gasteiger partial charge >= 0.3 is 0 Å². The lowest BCUT2D eigenvalue weighted by atomic mass is 9.91. The Hall–Kier alpha value is -1.57. The van der Waals surface area contributed by atoms with Gasteiger partial charge in [-0.1, -0.05) is 5.92 Å². The van der Waals surface area contributed by atoms with E-state index in [1.807, 2.05) is 12.1 Å². The van der Waals surface area contributed by atoms with Crippen LogP contribution in [0.3, 0.4) is 0 Å². The normalized spacial score (nSPS) is 20.1. The van der Waals surface area contributed by atoms with Crippen molar-refractivity contribution in [2.75, 3.05) is 6.61 Å². The van der Waals surface area contributed by atoms with Crippen LogP contribution in [0.4, 0.5) is 0 Å². The molecule has 0 spiro atoms. The average Bonchev–Trinajstić information content (AvgIpc) is 2.48. The van der Waals surface area contributed by atoms with Crippen LogP contribution in [0.25, 0.3) is 0 Å². The highest BCUT2D eigenvalue weighted by molar-refractivity contribution is 5.31. The van der Waals surface area contributed by atoms with E-state index in [-0.39, 0.29) is 17.3 Å². The van der Waals surface area contributed by atoms with Gasteiger partial charge in [-0.3, -0.25) is 0 Å². The van der Waals surface area contributed by atoms with E-state index >= 15 is 0 Å². The molecule has 1 saturated carbocycles. The van der Waals surface area contributed by atoms with Gasteiger partial charge in [-0.25, -0.2) is 4.98 Å². The number of pyridine rings is 1. The molecular formula is C22H33NO3. The van der Waals surface area contributed by atoms with Gasteiger partial charge < -0.3 is 14.2 Å². The summed E-state index contributed by atoms with van der Waals surface area (Å²) < 4.78 is 17.5. The first-order chi connectivity index (χ1) is 12.1. The van der Waals surface area contributed by atoms with E-state index in [0.717, 1.165) is 43.7 Å². The van der Waals surface area contributed by atoms with Gasteiger partial charge in [0.25, 0.3) is 0 Å². The maximum absolute atomic E-state index is 5.93. The molecule has 26 heavy (non-hydrogen) atoms. The van der Waals surface area contributed by atoms with Crippen molar-refractivity contribution >= 4 is 0 Å². The van der Waals surface area contributed by atoms with Gasteiger partial charge in [0.2, 0.25) is 0 Å². The van der Waals surface area contributed by atoms with E-state index in [1.165, 1.54) is 0 Å². The standard InChI is InChI=1S/C22H33NO3/c1-21(2,3)24-13-9-7-8-10-17-11-12-18(16-23-17)25-19-14-20(15-19)26-22(4,5)6/h11-12,16,19-20H,7,9,13-15H2,1-6H3/t19-,20-. The second kappa shape index (κ2) is 8.88. The fourth-order valence-corrected chi connectivity index (χ4v) is 2.62. The molecular weight excluding hydrogens is 326 g/mol. The molecule has 0 aliphatic heterocycles. The highest BCUT2D eigenvalue weighted by atomic mass is 16.5. The molecule has 4 heteroatoms. The van der Waals surface area contributed by atoms with Crippen LogP contribution in [-0.4, -0.2) is 35.0 Å². The first-order valence-corrected chi connectivity index (χ1v) is 9.54. The van der Waals surface area contributed by atoms with Gasteiger partial charge in [-0.2, -0.15) is 0 Å². The molecule has 1 aliphatic carbocycles. The molecule has 144 valence electrons. The topological polar surface area (TPSA) is 40.6 Å². The molecule has 0 saturated heterocycles. The third-order valence-corrected chi connectivity index (χ3v) is 3.81. The van der Waals surface area contributed by atoms with Crippen molar-refractivity contribution in [3.05, 3.63) is 24.0 Å². The summed E-state index contributed by atoms with van der Waals surface area (Å²) in [6.07, 6.45) is 5.91. The number of ether oxygens (including phenoxy) is 3. The van der Waals surface area contributed by atoms with Crippen LogP contribution < -0.4 is 4.74 Å². The summed E-state index contributed by atoms with van der Waals surface area (Å²) >= 11 is 0. The number of unbranched alkanes of at least 4 members (excludes halogenated alkanes) is 1. The van der Waals surface area contributed by atoms with E-state index in [0.29, 0.717) is 6.10 Å². The van der Waals surface area contributed by atoms with Crippen molar-refractivity contribution in [3.8, 4) is 17.6 Å². The molecule has 2 rings (SSSR count). The van der Waals surface area contributed by atoms with Crippen LogP contribution >= 0.6 is 0 Å². The molecule has 0 unspecified atom stereocenters. The maximum Gasteiger partial charge on any atom is 0.138 e. The first kappa shape index (κ1) is 20.7. The molecule has 1 heterocycles. The van der Waals surface area contributed by atoms with Crippen LogP contribution in [0.1, 0.15) is 72.9 Å². The van der Waals surface area contributed by atoms with Crippen molar-refractivity contribution in [2.45, 2.75) is 90.6 Å². The number of rotatable bonds is 6. The highest BCUT2D eigenvalue weighted by Gasteiger charge is 2.34. The lowest BCUT2D eigenvalue weighted by Gasteiger charge is -2.39. The zero-order valence-electron chi connectivity index (χ0n) is 17.1. The Bertz CT molecular complexity index is 608. The Morgan fingerprint density at radius 3 is 2.35 bits per heavy atom. The summed E-state index contributed by atoms with van der Waals surface area (Å²) in [5, 5.41) is 0. The Morgan fingerprint density at radius 2 is 1.77 bits per heavy atom. The predicted octanol–water partition coefficient (Wildman–Crippen LogP) is 4.75. The van der Waals surface area contributed by atoms with Crippen LogP contribution in [0.15, 0.2) is 18.3 Å². The molecule has 1 aromatic heterocycles. The minimum Gasteiger partial charge on any atom is -0.489 e. The number of nitrogens with zero attached hydrogens (tertiary/aromatic N) is 1. The van der Waals surface area contributed by atoms with Gasteiger partial charge in [-0.05, 0) is 66.0 Å². The summed E-state index contributed by atoms with van der Waals surface area (Å²) in [5.41, 5.74) is 0.609. The Morgan fingerprint density at radius 1 is 1.04 bits per heavy atom. The maximum atomic E-state index is 5.93. The minimum atomic E-state index is -0.0869. The quantitative estimate of drug-likeness (QED) is 0.543. The zero-order valence-corrected chi connectivity index (χ0v) is 17.1. The molecule has 1 aromatic rings. The lowest BCUT2D eigenvalue weighted by Crippen LogP contribution is -2.43. The summed E-state index contributed by atoms with van der Waals surface area (Å²) in [7, 11) is 0.